The van der Waals surface area contributed by atoms with Crippen molar-refractivity contribution in [3.8, 4) is 11.5 Å². The van der Waals surface area contributed by atoms with E-state index < -0.39 is 0 Å². The largest absolute Gasteiger partial charge is 0.458 e. The highest BCUT2D eigenvalue weighted by atomic mass is 16.5. The third-order valence-corrected chi connectivity index (χ3v) is 10.1. The van der Waals surface area contributed by atoms with Crippen LogP contribution < -0.4 is 30.9 Å². The number of rotatable bonds is 4. The van der Waals surface area contributed by atoms with Gasteiger partial charge < -0.3 is 14.5 Å². The second kappa shape index (κ2) is 10.9. The first-order valence-electron chi connectivity index (χ1n) is 16.9. The highest BCUT2D eigenvalue weighted by Gasteiger charge is 2.44. The van der Waals surface area contributed by atoms with Crippen LogP contribution in [0.5, 0.6) is 11.5 Å². The van der Waals surface area contributed by atoms with E-state index in [1.807, 2.05) is 0 Å². The Hall–Kier alpha value is -6.26. The van der Waals surface area contributed by atoms with Crippen molar-refractivity contribution in [1.29, 1.82) is 0 Å². The molecule has 2 aliphatic heterocycles. The van der Waals surface area contributed by atoms with Crippen LogP contribution in [-0.2, 0) is 0 Å². The molecule has 0 spiro atoms. The van der Waals surface area contributed by atoms with Crippen LogP contribution in [-0.4, -0.2) is 6.71 Å². The second-order valence-corrected chi connectivity index (χ2v) is 13.0. The Morgan fingerprint density at radius 2 is 1.08 bits per heavy atom. The maximum absolute atomic E-state index is 6.87. The number of ether oxygens (including phenoxy) is 1. The number of nitrogens with zero attached hydrogens (tertiary/aromatic N) is 2. The normalized spacial score (nSPS) is 12.7. The smallest absolute Gasteiger partial charge is 0.258 e. The first kappa shape index (κ1) is 27.8. The van der Waals surface area contributed by atoms with Crippen LogP contribution in [0.4, 0.5) is 34.1 Å². The SMILES string of the molecule is Cc1cc2c3c(c1)N(c1ccccc1)c1cc(N(c4ccccc4)c4ccccc4)c4ccccc4c1B3c1c(ccc3ccccc13)O2. The molecule has 0 bridgehead atoms. The molecule has 0 unspecified atom stereocenters. The van der Waals surface area contributed by atoms with Gasteiger partial charge in [-0.1, -0.05) is 109 Å². The third-order valence-electron chi connectivity index (χ3n) is 10.1. The Balaban J connectivity index is 1.37. The fraction of sp³-hybridized carbons (Fsp3) is 0.0222. The number of para-hydroxylation sites is 3. The molecule has 4 heteroatoms. The molecule has 0 aliphatic carbocycles. The van der Waals surface area contributed by atoms with Gasteiger partial charge in [0.25, 0.3) is 6.71 Å². The minimum Gasteiger partial charge on any atom is -0.458 e. The predicted octanol–water partition coefficient (Wildman–Crippen LogP) is 10.2. The molecule has 8 aromatic carbocycles. The number of anilines is 6. The van der Waals surface area contributed by atoms with Crippen LogP contribution in [0.2, 0.25) is 0 Å². The molecule has 0 radical (unpaired) electrons. The highest BCUT2D eigenvalue weighted by molar-refractivity contribution is 7.02. The van der Waals surface area contributed by atoms with Crippen LogP contribution in [0.15, 0.2) is 170 Å². The number of fused-ring (bicyclic) bond motifs is 8. The van der Waals surface area contributed by atoms with Gasteiger partial charge in [0.1, 0.15) is 11.5 Å². The van der Waals surface area contributed by atoms with Gasteiger partial charge in [-0.2, -0.15) is 0 Å². The molecule has 0 aromatic heterocycles. The van der Waals surface area contributed by atoms with Crippen LogP contribution in [0, 0.1) is 6.92 Å². The lowest BCUT2D eigenvalue weighted by molar-refractivity contribution is 0.488. The molecule has 0 atom stereocenters. The zero-order valence-corrected chi connectivity index (χ0v) is 27.0. The van der Waals surface area contributed by atoms with Crippen molar-refractivity contribution in [2.75, 3.05) is 9.80 Å². The van der Waals surface area contributed by atoms with E-state index in [9.17, 15) is 0 Å². The number of aryl methyl sites for hydroxylation is 1. The molecule has 2 heterocycles. The monoisotopic (exact) mass is 626 g/mol. The summed E-state index contributed by atoms with van der Waals surface area (Å²) in [6.45, 7) is 2.14. The van der Waals surface area contributed by atoms with Gasteiger partial charge in [0.15, 0.2) is 0 Å². The molecular weight excluding hydrogens is 595 g/mol. The van der Waals surface area contributed by atoms with Crippen molar-refractivity contribution in [2.45, 2.75) is 6.92 Å². The Kier molecular flexibility index (Phi) is 6.19. The standard InChI is InChI=1S/C45H31BN2O/c1-30-27-39-45-42(28-30)49-41-26-25-31-15-11-12-22-35(31)44(41)46(45)43-37-24-14-13-23-36(37)38(29-40(43)48(39)34-20-9-4-10-21-34)47(32-16-5-2-6-17-32)33-18-7-3-8-19-33/h2-29H,1H3. The van der Waals surface area contributed by atoms with Crippen LogP contribution in [0.25, 0.3) is 21.5 Å². The maximum atomic E-state index is 6.87. The molecule has 0 saturated carbocycles. The summed E-state index contributed by atoms with van der Waals surface area (Å²) in [6.07, 6.45) is 0. The van der Waals surface area contributed by atoms with Crippen molar-refractivity contribution in [1.82, 2.24) is 0 Å². The van der Waals surface area contributed by atoms with Gasteiger partial charge in [0.05, 0.1) is 5.69 Å². The lowest BCUT2D eigenvalue weighted by Crippen LogP contribution is -2.60. The number of benzene rings is 8. The zero-order chi connectivity index (χ0) is 32.5. The quantitative estimate of drug-likeness (QED) is 0.181. The molecule has 0 saturated heterocycles. The molecule has 2 aliphatic rings. The highest BCUT2D eigenvalue weighted by Crippen LogP contribution is 2.47. The van der Waals surface area contributed by atoms with Gasteiger partial charge >= 0.3 is 0 Å². The summed E-state index contributed by atoms with van der Waals surface area (Å²) in [4.78, 5) is 4.86. The van der Waals surface area contributed by atoms with E-state index in [2.05, 4.69) is 187 Å². The Bertz CT molecular complexity index is 2510. The minimum atomic E-state index is -0.0312. The fourth-order valence-electron chi connectivity index (χ4n) is 8.12. The van der Waals surface area contributed by atoms with Gasteiger partial charge in [-0.3, -0.25) is 0 Å². The molecule has 10 rings (SSSR count). The molecule has 0 amide bonds. The van der Waals surface area contributed by atoms with E-state index in [-0.39, 0.29) is 6.71 Å². The van der Waals surface area contributed by atoms with E-state index in [1.165, 1.54) is 43.6 Å². The maximum Gasteiger partial charge on any atom is 0.258 e. The van der Waals surface area contributed by atoms with E-state index in [0.717, 1.165) is 45.5 Å². The van der Waals surface area contributed by atoms with E-state index >= 15 is 0 Å². The summed E-state index contributed by atoms with van der Waals surface area (Å²) in [5.74, 6) is 1.85. The summed E-state index contributed by atoms with van der Waals surface area (Å²) in [6, 6.07) is 61.2. The van der Waals surface area contributed by atoms with Crippen LogP contribution in [0.1, 0.15) is 5.56 Å². The lowest BCUT2D eigenvalue weighted by atomic mass is 9.33. The third kappa shape index (κ3) is 4.24. The average Bonchev–Trinajstić information content (AvgIpc) is 3.15. The summed E-state index contributed by atoms with van der Waals surface area (Å²) >= 11 is 0. The first-order valence-corrected chi connectivity index (χ1v) is 16.9. The van der Waals surface area contributed by atoms with Crippen molar-refractivity contribution < 1.29 is 4.74 Å². The summed E-state index contributed by atoms with van der Waals surface area (Å²) in [5.41, 5.74) is 11.7. The first-order chi connectivity index (χ1) is 24.2. The van der Waals surface area contributed by atoms with Crippen LogP contribution >= 0.6 is 0 Å². The topological polar surface area (TPSA) is 15.7 Å². The minimum absolute atomic E-state index is 0.0312. The average molecular weight is 627 g/mol. The Labute approximate surface area is 286 Å². The molecule has 3 nitrogen and oxygen atoms in total. The van der Waals surface area contributed by atoms with Gasteiger partial charge in [-0.15, -0.1) is 0 Å². The number of hydrogen-bond donors (Lipinski definition) is 0. The van der Waals surface area contributed by atoms with Gasteiger partial charge in [-0.25, -0.2) is 0 Å². The van der Waals surface area contributed by atoms with Crippen molar-refractivity contribution in [2.24, 2.45) is 0 Å². The van der Waals surface area contributed by atoms with Gasteiger partial charge in [0.2, 0.25) is 0 Å². The summed E-state index contributed by atoms with van der Waals surface area (Å²) in [5, 5.41) is 4.88. The molecule has 0 N–H and O–H groups in total. The molecule has 230 valence electrons. The fourth-order valence-corrected chi connectivity index (χ4v) is 8.12. The van der Waals surface area contributed by atoms with Crippen molar-refractivity contribution in [3.05, 3.63) is 175 Å². The molecular formula is C45H31BN2O. The van der Waals surface area contributed by atoms with E-state index in [4.69, 9.17) is 4.74 Å². The number of hydrogen-bond acceptors (Lipinski definition) is 3. The van der Waals surface area contributed by atoms with E-state index in [0.29, 0.717) is 0 Å². The summed E-state index contributed by atoms with van der Waals surface area (Å²) in [7, 11) is 0. The zero-order valence-electron chi connectivity index (χ0n) is 27.0. The van der Waals surface area contributed by atoms with Crippen molar-refractivity contribution >= 4 is 78.8 Å². The van der Waals surface area contributed by atoms with Gasteiger partial charge in [0, 0.05) is 33.8 Å². The molecule has 8 aromatic rings. The molecule has 0 fully saturated rings. The Morgan fingerprint density at radius 1 is 0.490 bits per heavy atom. The molecule has 49 heavy (non-hydrogen) atoms. The predicted molar refractivity (Wildman–Crippen MR) is 207 cm³/mol. The summed E-state index contributed by atoms with van der Waals surface area (Å²) < 4.78 is 6.87. The van der Waals surface area contributed by atoms with Crippen molar-refractivity contribution in [3.63, 3.8) is 0 Å². The Morgan fingerprint density at radius 3 is 1.80 bits per heavy atom. The van der Waals surface area contributed by atoms with Crippen LogP contribution in [0.3, 0.4) is 0 Å². The second-order valence-electron chi connectivity index (χ2n) is 13.0. The van der Waals surface area contributed by atoms with Gasteiger partial charge in [-0.05, 0) is 106 Å². The lowest BCUT2D eigenvalue weighted by Gasteiger charge is -2.42. The van der Waals surface area contributed by atoms with E-state index in [1.54, 1.807) is 0 Å².